The van der Waals surface area contributed by atoms with Crippen molar-refractivity contribution >= 4 is 11.6 Å². The minimum Gasteiger partial charge on any atom is -0.326 e. The van der Waals surface area contributed by atoms with Crippen LogP contribution in [0.2, 0.25) is 0 Å². The van der Waals surface area contributed by atoms with Gasteiger partial charge in [-0.2, -0.15) is 0 Å². The van der Waals surface area contributed by atoms with Gasteiger partial charge >= 0.3 is 0 Å². The molecule has 1 atom stereocenters. The lowest BCUT2D eigenvalue weighted by molar-refractivity contribution is -0.119. The zero-order valence-electron chi connectivity index (χ0n) is 11.8. The molecule has 0 aliphatic carbocycles. The Morgan fingerprint density at radius 1 is 1.21 bits per heavy atom. The number of rotatable bonds is 5. The highest BCUT2D eigenvalue weighted by atomic mass is 16.1. The molecule has 1 unspecified atom stereocenters. The molecule has 1 aromatic carbocycles. The van der Waals surface area contributed by atoms with E-state index in [1.54, 1.807) is 0 Å². The third kappa shape index (κ3) is 4.67. The van der Waals surface area contributed by atoms with Crippen molar-refractivity contribution in [1.29, 1.82) is 0 Å². The van der Waals surface area contributed by atoms with Gasteiger partial charge in [0.1, 0.15) is 0 Å². The Morgan fingerprint density at radius 3 is 2.58 bits per heavy atom. The van der Waals surface area contributed by atoms with Crippen molar-refractivity contribution in [3.63, 3.8) is 0 Å². The highest BCUT2D eigenvalue weighted by Crippen LogP contribution is 2.13. The summed E-state index contributed by atoms with van der Waals surface area (Å²) in [7, 11) is 0. The van der Waals surface area contributed by atoms with Gasteiger partial charge in [-0.15, -0.1) is 0 Å². The van der Waals surface area contributed by atoms with Gasteiger partial charge in [-0.1, -0.05) is 31.5 Å². The first-order valence-electron chi connectivity index (χ1n) is 7.34. The minimum atomic E-state index is 0.0714. The van der Waals surface area contributed by atoms with Crippen LogP contribution in [0.5, 0.6) is 0 Å². The minimum absolute atomic E-state index is 0.0714. The van der Waals surface area contributed by atoms with E-state index in [0.717, 1.165) is 18.7 Å². The van der Waals surface area contributed by atoms with Crippen molar-refractivity contribution in [1.82, 2.24) is 4.90 Å². The molecule has 1 N–H and O–H groups in total. The molecule has 1 aromatic rings. The van der Waals surface area contributed by atoms with Gasteiger partial charge in [-0.3, -0.25) is 4.79 Å². The van der Waals surface area contributed by atoms with Crippen LogP contribution in [0.15, 0.2) is 30.3 Å². The predicted molar refractivity (Wildman–Crippen MR) is 79.1 cm³/mol. The van der Waals surface area contributed by atoms with Gasteiger partial charge in [-0.05, 0) is 51.0 Å². The predicted octanol–water partition coefficient (Wildman–Crippen LogP) is 3.14. The number of piperidine rings is 1. The summed E-state index contributed by atoms with van der Waals surface area (Å²) >= 11 is 0. The van der Waals surface area contributed by atoms with E-state index in [1.165, 1.54) is 32.4 Å². The molecular weight excluding hydrogens is 236 g/mol. The molecule has 3 heteroatoms. The third-order valence-corrected chi connectivity index (χ3v) is 3.82. The fraction of sp³-hybridized carbons (Fsp3) is 0.562. The SMILES string of the molecule is CC(CCN1CCCCC1)C(=O)Nc1ccccc1. The molecule has 0 bridgehead atoms. The summed E-state index contributed by atoms with van der Waals surface area (Å²) in [6.45, 7) is 5.46. The van der Waals surface area contributed by atoms with Gasteiger partial charge in [0.15, 0.2) is 0 Å². The summed E-state index contributed by atoms with van der Waals surface area (Å²) in [5, 5.41) is 2.97. The van der Waals surface area contributed by atoms with Crippen molar-refractivity contribution in [3.05, 3.63) is 30.3 Å². The topological polar surface area (TPSA) is 32.3 Å². The average molecular weight is 260 g/mol. The Balaban J connectivity index is 1.73. The lowest BCUT2D eigenvalue weighted by Crippen LogP contribution is -2.33. The van der Waals surface area contributed by atoms with Crippen molar-refractivity contribution in [3.8, 4) is 0 Å². The Bertz CT molecular complexity index is 385. The molecule has 104 valence electrons. The average Bonchev–Trinajstić information content (AvgIpc) is 2.47. The van der Waals surface area contributed by atoms with E-state index >= 15 is 0 Å². The molecule has 0 aromatic heterocycles. The molecule has 0 radical (unpaired) electrons. The summed E-state index contributed by atoms with van der Waals surface area (Å²) < 4.78 is 0. The molecule has 1 saturated heterocycles. The Labute approximate surface area is 116 Å². The van der Waals surface area contributed by atoms with E-state index in [-0.39, 0.29) is 11.8 Å². The number of anilines is 1. The maximum absolute atomic E-state index is 12.1. The standard InChI is InChI=1S/C16H24N2O/c1-14(10-13-18-11-6-3-7-12-18)16(19)17-15-8-4-2-5-9-15/h2,4-5,8-9,14H,3,6-7,10-13H2,1H3,(H,17,19). The Morgan fingerprint density at radius 2 is 1.89 bits per heavy atom. The fourth-order valence-corrected chi connectivity index (χ4v) is 2.48. The molecule has 0 saturated carbocycles. The molecule has 3 nitrogen and oxygen atoms in total. The number of para-hydroxylation sites is 1. The lowest BCUT2D eigenvalue weighted by Gasteiger charge is -2.27. The molecule has 1 aliphatic heterocycles. The molecule has 1 heterocycles. The second-order valence-electron chi connectivity index (χ2n) is 5.45. The first-order valence-corrected chi connectivity index (χ1v) is 7.34. The first-order chi connectivity index (χ1) is 9.25. The Kier molecular flexibility index (Phi) is 5.40. The number of likely N-dealkylation sites (tertiary alicyclic amines) is 1. The monoisotopic (exact) mass is 260 g/mol. The van der Waals surface area contributed by atoms with Crippen molar-refractivity contribution in [2.75, 3.05) is 25.0 Å². The second-order valence-corrected chi connectivity index (χ2v) is 5.45. The van der Waals surface area contributed by atoms with Gasteiger partial charge in [0, 0.05) is 11.6 Å². The van der Waals surface area contributed by atoms with Crippen LogP contribution in [0.1, 0.15) is 32.6 Å². The summed E-state index contributed by atoms with van der Waals surface area (Å²) in [6.07, 6.45) is 4.92. The third-order valence-electron chi connectivity index (χ3n) is 3.82. The zero-order chi connectivity index (χ0) is 13.5. The van der Waals surface area contributed by atoms with E-state index in [0.29, 0.717) is 0 Å². The maximum Gasteiger partial charge on any atom is 0.227 e. The van der Waals surface area contributed by atoms with E-state index in [2.05, 4.69) is 10.2 Å². The van der Waals surface area contributed by atoms with Crippen LogP contribution >= 0.6 is 0 Å². The maximum atomic E-state index is 12.1. The lowest BCUT2D eigenvalue weighted by atomic mass is 10.0. The second kappa shape index (κ2) is 7.29. The van der Waals surface area contributed by atoms with Crippen LogP contribution in [0, 0.1) is 5.92 Å². The van der Waals surface area contributed by atoms with Crippen LogP contribution in [0.3, 0.4) is 0 Å². The van der Waals surface area contributed by atoms with Crippen LogP contribution in [0.4, 0.5) is 5.69 Å². The van der Waals surface area contributed by atoms with Crippen LogP contribution < -0.4 is 5.32 Å². The highest BCUT2D eigenvalue weighted by Gasteiger charge is 2.16. The van der Waals surface area contributed by atoms with Crippen molar-refractivity contribution in [2.45, 2.75) is 32.6 Å². The van der Waals surface area contributed by atoms with Gasteiger partial charge in [-0.25, -0.2) is 0 Å². The zero-order valence-corrected chi connectivity index (χ0v) is 11.8. The Hall–Kier alpha value is -1.35. The molecule has 0 spiro atoms. The number of benzene rings is 1. The smallest absolute Gasteiger partial charge is 0.227 e. The van der Waals surface area contributed by atoms with E-state index in [4.69, 9.17) is 0 Å². The van der Waals surface area contributed by atoms with E-state index in [9.17, 15) is 4.79 Å². The normalized spacial score (nSPS) is 17.9. The van der Waals surface area contributed by atoms with Crippen molar-refractivity contribution < 1.29 is 4.79 Å². The van der Waals surface area contributed by atoms with Crippen LogP contribution in [-0.2, 0) is 4.79 Å². The summed E-state index contributed by atoms with van der Waals surface area (Å²) in [6, 6.07) is 9.68. The number of carbonyl (C=O) groups is 1. The summed E-state index contributed by atoms with van der Waals surface area (Å²) in [5.41, 5.74) is 0.886. The van der Waals surface area contributed by atoms with E-state index in [1.807, 2.05) is 37.3 Å². The molecule has 1 amide bonds. The summed E-state index contributed by atoms with van der Waals surface area (Å²) in [5.74, 6) is 0.199. The first kappa shape index (κ1) is 14.1. The van der Waals surface area contributed by atoms with Gasteiger partial charge < -0.3 is 10.2 Å². The molecule has 2 rings (SSSR count). The van der Waals surface area contributed by atoms with Crippen LogP contribution in [0.25, 0.3) is 0 Å². The highest BCUT2D eigenvalue weighted by molar-refractivity contribution is 5.92. The molecule has 1 aliphatic rings. The van der Waals surface area contributed by atoms with Gasteiger partial charge in [0.25, 0.3) is 0 Å². The molecule has 1 fully saturated rings. The van der Waals surface area contributed by atoms with Gasteiger partial charge in [0.2, 0.25) is 5.91 Å². The quantitative estimate of drug-likeness (QED) is 0.882. The van der Waals surface area contributed by atoms with Crippen molar-refractivity contribution in [2.24, 2.45) is 5.92 Å². The number of nitrogens with zero attached hydrogens (tertiary/aromatic N) is 1. The summed E-state index contributed by atoms with van der Waals surface area (Å²) in [4.78, 5) is 14.5. The van der Waals surface area contributed by atoms with E-state index < -0.39 is 0 Å². The number of carbonyl (C=O) groups excluding carboxylic acids is 1. The number of amides is 1. The number of nitrogens with one attached hydrogen (secondary N) is 1. The van der Waals surface area contributed by atoms with Crippen LogP contribution in [-0.4, -0.2) is 30.4 Å². The number of hydrogen-bond acceptors (Lipinski definition) is 2. The number of hydrogen-bond donors (Lipinski definition) is 1. The fourth-order valence-electron chi connectivity index (χ4n) is 2.48. The largest absolute Gasteiger partial charge is 0.326 e. The molecule has 19 heavy (non-hydrogen) atoms. The molecular formula is C16H24N2O. The van der Waals surface area contributed by atoms with Gasteiger partial charge in [0.05, 0.1) is 0 Å².